The number of nitrogens with one attached hydrogen (secondary N) is 1. The summed E-state index contributed by atoms with van der Waals surface area (Å²) in [5.41, 5.74) is 1.01. The fourth-order valence-corrected chi connectivity index (χ4v) is 1.30. The lowest BCUT2D eigenvalue weighted by molar-refractivity contribution is -0.116. The molecule has 0 fully saturated rings. The van der Waals surface area contributed by atoms with E-state index in [0.717, 1.165) is 12.2 Å². The minimum Gasteiger partial charge on any atom is -0.352 e. The van der Waals surface area contributed by atoms with Crippen LogP contribution < -0.4 is 5.32 Å². The minimum absolute atomic E-state index is 0.126. The maximum Gasteiger partial charge on any atom is 0.243 e. The zero-order valence-corrected chi connectivity index (χ0v) is 9.23. The van der Waals surface area contributed by atoms with Gasteiger partial charge in [-0.2, -0.15) is 5.10 Å². The molecule has 1 aromatic rings. The first-order valence-corrected chi connectivity index (χ1v) is 5.02. The first kappa shape index (κ1) is 11.5. The Labute approximate surface area is 90.0 Å². The number of aromatic nitrogens is 2. The van der Waals surface area contributed by atoms with Crippen LogP contribution in [0.15, 0.2) is 24.9 Å². The molecule has 1 unspecified atom stereocenters. The molecule has 0 radical (unpaired) electrons. The van der Waals surface area contributed by atoms with E-state index in [9.17, 15) is 4.79 Å². The summed E-state index contributed by atoms with van der Waals surface area (Å²) in [5, 5.41) is 7.04. The highest BCUT2D eigenvalue weighted by atomic mass is 16.1. The van der Waals surface area contributed by atoms with Crippen LogP contribution >= 0.6 is 0 Å². The number of rotatable bonds is 5. The van der Waals surface area contributed by atoms with E-state index < -0.39 is 0 Å². The molecule has 0 spiro atoms. The van der Waals surface area contributed by atoms with E-state index in [1.165, 1.54) is 6.08 Å². The maximum atomic E-state index is 10.9. The monoisotopic (exact) mass is 207 g/mol. The normalized spacial score (nSPS) is 12.1. The smallest absolute Gasteiger partial charge is 0.243 e. The average molecular weight is 207 g/mol. The first-order valence-electron chi connectivity index (χ1n) is 5.02. The van der Waals surface area contributed by atoms with Crippen molar-refractivity contribution in [1.82, 2.24) is 15.1 Å². The molecule has 4 nitrogen and oxygen atoms in total. The summed E-state index contributed by atoms with van der Waals surface area (Å²) in [5.74, 6) is 0.228. The van der Waals surface area contributed by atoms with Crippen LogP contribution in [-0.2, 0) is 11.3 Å². The second-order valence-corrected chi connectivity index (χ2v) is 3.73. The number of carbonyl (C=O) groups excluding carboxylic acids is 1. The minimum atomic E-state index is -0.126. The van der Waals surface area contributed by atoms with Crippen molar-refractivity contribution >= 4 is 5.91 Å². The van der Waals surface area contributed by atoms with Gasteiger partial charge in [-0.25, -0.2) is 0 Å². The summed E-state index contributed by atoms with van der Waals surface area (Å²) in [4.78, 5) is 10.9. The van der Waals surface area contributed by atoms with Crippen LogP contribution in [0, 0.1) is 12.8 Å². The lowest BCUT2D eigenvalue weighted by Crippen LogP contribution is -2.28. The van der Waals surface area contributed by atoms with Gasteiger partial charge in [0.2, 0.25) is 5.91 Å². The van der Waals surface area contributed by atoms with Crippen molar-refractivity contribution in [3.8, 4) is 0 Å². The van der Waals surface area contributed by atoms with E-state index in [-0.39, 0.29) is 5.91 Å². The predicted molar refractivity (Wildman–Crippen MR) is 59.3 cm³/mol. The molecule has 4 heteroatoms. The molecular weight excluding hydrogens is 190 g/mol. The standard InChI is InChI=1S/C11H17N3O/c1-4-11(15)12-7-9(2)8-14-6-5-10(3)13-14/h4-6,9H,1,7-8H2,2-3H3,(H,12,15). The zero-order chi connectivity index (χ0) is 11.3. The van der Waals surface area contributed by atoms with Crippen LogP contribution in [0.5, 0.6) is 0 Å². The van der Waals surface area contributed by atoms with Crippen LogP contribution in [0.2, 0.25) is 0 Å². The fraction of sp³-hybridized carbons (Fsp3) is 0.455. The maximum absolute atomic E-state index is 10.9. The third kappa shape index (κ3) is 3.97. The van der Waals surface area contributed by atoms with Crippen LogP contribution in [0.25, 0.3) is 0 Å². The van der Waals surface area contributed by atoms with Gasteiger partial charge in [-0.15, -0.1) is 0 Å². The first-order chi connectivity index (χ1) is 7.11. The number of nitrogens with zero attached hydrogens (tertiary/aromatic N) is 2. The van der Waals surface area contributed by atoms with Crippen molar-refractivity contribution in [2.45, 2.75) is 20.4 Å². The van der Waals surface area contributed by atoms with Gasteiger partial charge < -0.3 is 5.32 Å². The summed E-state index contributed by atoms with van der Waals surface area (Å²) in [6.07, 6.45) is 3.23. The van der Waals surface area contributed by atoms with Crippen molar-refractivity contribution in [1.29, 1.82) is 0 Å². The molecule has 0 aliphatic carbocycles. The number of hydrogen-bond donors (Lipinski definition) is 1. The van der Waals surface area contributed by atoms with Crippen LogP contribution in [0.1, 0.15) is 12.6 Å². The molecule has 1 aromatic heterocycles. The topological polar surface area (TPSA) is 46.9 Å². The highest BCUT2D eigenvalue weighted by Crippen LogP contribution is 2.00. The Morgan fingerprint density at radius 1 is 1.80 bits per heavy atom. The van der Waals surface area contributed by atoms with E-state index >= 15 is 0 Å². The Morgan fingerprint density at radius 3 is 3.07 bits per heavy atom. The molecule has 0 aromatic carbocycles. The van der Waals surface area contributed by atoms with Crippen LogP contribution in [0.3, 0.4) is 0 Å². The Morgan fingerprint density at radius 2 is 2.53 bits per heavy atom. The van der Waals surface area contributed by atoms with E-state index in [2.05, 4.69) is 23.9 Å². The molecule has 1 amide bonds. The van der Waals surface area contributed by atoms with Crippen molar-refractivity contribution in [3.05, 3.63) is 30.6 Å². The van der Waals surface area contributed by atoms with Gasteiger partial charge in [0.05, 0.1) is 5.69 Å². The van der Waals surface area contributed by atoms with Crippen molar-refractivity contribution in [2.24, 2.45) is 5.92 Å². The zero-order valence-electron chi connectivity index (χ0n) is 9.23. The Balaban J connectivity index is 2.33. The van der Waals surface area contributed by atoms with Gasteiger partial charge in [0.25, 0.3) is 0 Å². The van der Waals surface area contributed by atoms with E-state index in [0.29, 0.717) is 12.5 Å². The van der Waals surface area contributed by atoms with E-state index in [1.807, 2.05) is 23.9 Å². The van der Waals surface area contributed by atoms with Gasteiger partial charge in [-0.3, -0.25) is 9.48 Å². The van der Waals surface area contributed by atoms with Gasteiger partial charge in [-0.1, -0.05) is 13.5 Å². The van der Waals surface area contributed by atoms with Gasteiger partial charge in [0.15, 0.2) is 0 Å². The third-order valence-electron chi connectivity index (χ3n) is 2.08. The Hall–Kier alpha value is -1.58. The summed E-state index contributed by atoms with van der Waals surface area (Å²) >= 11 is 0. The highest BCUT2D eigenvalue weighted by Gasteiger charge is 2.04. The molecule has 1 N–H and O–H groups in total. The van der Waals surface area contributed by atoms with Crippen molar-refractivity contribution in [3.63, 3.8) is 0 Å². The van der Waals surface area contributed by atoms with Gasteiger partial charge in [-0.05, 0) is 25.0 Å². The second kappa shape index (κ2) is 5.34. The molecule has 0 aliphatic heterocycles. The molecule has 0 saturated heterocycles. The molecule has 1 atom stereocenters. The Kier molecular flexibility index (Phi) is 4.09. The summed E-state index contributed by atoms with van der Waals surface area (Å²) in [6.45, 7) is 8.88. The van der Waals surface area contributed by atoms with Crippen LogP contribution in [0.4, 0.5) is 0 Å². The van der Waals surface area contributed by atoms with Gasteiger partial charge in [0.1, 0.15) is 0 Å². The lowest BCUT2D eigenvalue weighted by Gasteiger charge is -2.11. The average Bonchev–Trinajstić information content (AvgIpc) is 2.60. The van der Waals surface area contributed by atoms with E-state index in [1.54, 1.807) is 0 Å². The number of hydrogen-bond acceptors (Lipinski definition) is 2. The van der Waals surface area contributed by atoms with Crippen LogP contribution in [-0.4, -0.2) is 22.2 Å². The third-order valence-corrected chi connectivity index (χ3v) is 2.08. The van der Waals surface area contributed by atoms with Crippen molar-refractivity contribution < 1.29 is 4.79 Å². The highest BCUT2D eigenvalue weighted by molar-refractivity contribution is 5.86. The van der Waals surface area contributed by atoms with E-state index in [4.69, 9.17) is 0 Å². The van der Waals surface area contributed by atoms with Crippen molar-refractivity contribution in [2.75, 3.05) is 6.54 Å². The lowest BCUT2D eigenvalue weighted by atomic mass is 10.2. The quantitative estimate of drug-likeness (QED) is 0.736. The summed E-state index contributed by atoms with van der Waals surface area (Å²) in [6, 6.07) is 1.97. The predicted octanol–water partition coefficient (Wildman–Crippen LogP) is 1.13. The number of aryl methyl sites for hydroxylation is 1. The molecular formula is C11H17N3O. The number of carbonyl (C=O) groups is 1. The molecule has 0 saturated carbocycles. The summed E-state index contributed by atoms with van der Waals surface area (Å²) in [7, 11) is 0. The van der Waals surface area contributed by atoms with Gasteiger partial charge in [0, 0.05) is 19.3 Å². The molecule has 15 heavy (non-hydrogen) atoms. The molecule has 0 bridgehead atoms. The fourth-order valence-electron chi connectivity index (χ4n) is 1.30. The SMILES string of the molecule is C=CC(=O)NCC(C)Cn1ccc(C)n1. The second-order valence-electron chi connectivity index (χ2n) is 3.73. The van der Waals surface area contributed by atoms with Gasteiger partial charge >= 0.3 is 0 Å². The largest absolute Gasteiger partial charge is 0.352 e. The molecule has 1 rings (SSSR count). The molecule has 1 heterocycles. The Bertz CT molecular complexity index is 343. The molecule has 0 aliphatic rings. The molecule has 82 valence electrons. The summed E-state index contributed by atoms with van der Waals surface area (Å²) < 4.78 is 1.89. The number of amides is 1.